The molecule has 11 heteroatoms. The summed E-state index contributed by atoms with van der Waals surface area (Å²) in [4.78, 5) is 18.0. The van der Waals surface area contributed by atoms with Crippen LogP contribution in [0.15, 0.2) is 76.6 Å². The summed E-state index contributed by atoms with van der Waals surface area (Å²) in [7, 11) is 0.853. The summed E-state index contributed by atoms with van der Waals surface area (Å²) in [6.45, 7) is 0.957. The first-order chi connectivity index (χ1) is 17.3. The number of methoxy groups -OCH3 is 3. The molecule has 0 unspecified atom stereocenters. The Hall–Kier alpha value is -3.67. The van der Waals surface area contributed by atoms with Crippen LogP contribution in [0.2, 0.25) is 0 Å². The van der Waals surface area contributed by atoms with Crippen molar-refractivity contribution in [1.29, 1.82) is 0 Å². The molecule has 0 spiro atoms. The predicted octanol–water partition coefficient (Wildman–Crippen LogP) is 3.91. The van der Waals surface area contributed by atoms with E-state index in [1.165, 1.54) is 36.6 Å². The maximum absolute atomic E-state index is 13.1. The minimum Gasteiger partial charge on any atom is -0.497 e. The number of nitrogens with one attached hydrogen (secondary N) is 1. The Morgan fingerprint density at radius 2 is 1.69 bits per heavy atom. The van der Waals surface area contributed by atoms with E-state index in [1.54, 1.807) is 44.6 Å². The van der Waals surface area contributed by atoms with E-state index in [9.17, 15) is 13.2 Å². The van der Waals surface area contributed by atoms with E-state index in [0.717, 1.165) is 10.2 Å². The number of benzene rings is 3. The van der Waals surface area contributed by atoms with Gasteiger partial charge in [0, 0.05) is 24.9 Å². The molecule has 0 bridgehead atoms. The highest BCUT2D eigenvalue weighted by Crippen LogP contribution is 2.24. The highest BCUT2D eigenvalue weighted by atomic mass is 32.2. The molecule has 0 radical (unpaired) electrons. The van der Waals surface area contributed by atoms with Crippen LogP contribution in [-0.4, -0.2) is 46.8 Å². The SMILES string of the molecule is COCCn1c(=NC(=O)c2cccc(NS(=O)(=O)c3ccc(OC)cc3)c2)sc2cc(OC)ccc21. The summed E-state index contributed by atoms with van der Waals surface area (Å²) in [5.41, 5.74) is 1.41. The second-order valence-corrected chi connectivity index (χ2v) is 10.3. The van der Waals surface area contributed by atoms with Gasteiger partial charge in [-0.25, -0.2) is 8.42 Å². The average Bonchev–Trinajstić information content (AvgIpc) is 3.23. The number of sulfonamides is 1. The molecule has 0 fully saturated rings. The predicted molar refractivity (Wildman–Crippen MR) is 138 cm³/mol. The van der Waals surface area contributed by atoms with Crippen LogP contribution in [0, 0.1) is 0 Å². The van der Waals surface area contributed by atoms with Crippen molar-refractivity contribution in [2.24, 2.45) is 4.99 Å². The molecule has 1 amide bonds. The van der Waals surface area contributed by atoms with E-state index in [2.05, 4.69) is 9.71 Å². The monoisotopic (exact) mass is 527 g/mol. The zero-order valence-electron chi connectivity index (χ0n) is 19.9. The molecule has 9 nitrogen and oxygen atoms in total. The first-order valence-electron chi connectivity index (χ1n) is 10.9. The van der Waals surface area contributed by atoms with Crippen LogP contribution < -0.4 is 19.0 Å². The summed E-state index contributed by atoms with van der Waals surface area (Å²) in [6.07, 6.45) is 0. The van der Waals surface area contributed by atoms with E-state index in [0.29, 0.717) is 29.5 Å². The molecule has 4 aromatic rings. The van der Waals surface area contributed by atoms with Gasteiger partial charge < -0.3 is 18.8 Å². The molecule has 0 atom stereocenters. The Bertz CT molecular complexity index is 1560. The highest BCUT2D eigenvalue weighted by Gasteiger charge is 2.16. The number of carbonyl (C=O) groups excluding carboxylic acids is 1. The molecule has 1 aromatic heterocycles. The summed E-state index contributed by atoms with van der Waals surface area (Å²) in [5, 5.41) is 0. The summed E-state index contributed by atoms with van der Waals surface area (Å²) >= 11 is 1.36. The fourth-order valence-electron chi connectivity index (χ4n) is 3.50. The third kappa shape index (κ3) is 5.59. The minimum absolute atomic E-state index is 0.0737. The van der Waals surface area contributed by atoms with Gasteiger partial charge in [-0.05, 0) is 60.7 Å². The van der Waals surface area contributed by atoms with Gasteiger partial charge >= 0.3 is 0 Å². The van der Waals surface area contributed by atoms with Gasteiger partial charge in [-0.1, -0.05) is 17.4 Å². The molecule has 4 rings (SSSR count). The first-order valence-corrected chi connectivity index (χ1v) is 13.2. The lowest BCUT2D eigenvalue weighted by molar-refractivity contribution is 0.0997. The number of hydrogen-bond acceptors (Lipinski definition) is 7. The third-order valence-corrected chi connectivity index (χ3v) is 7.78. The fraction of sp³-hybridized carbons (Fsp3) is 0.200. The molecule has 1 heterocycles. The van der Waals surface area contributed by atoms with Gasteiger partial charge in [0.25, 0.3) is 15.9 Å². The van der Waals surface area contributed by atoms with E-state index in [-0.39, 0.29) is 16.1 Å². The van der Waals surface area contributed by atoms with Crippen molar-refractivity contribution >= 4 is 43.2 Å². The quantitative estimate of drug-likeness (QED) is 0.354. The van der Waals surface area contributed by atoms with E-state index >= 15 is 0 Å². The van der Waals surface area contributed by atoms with Crippen LogP contribution in [-0.2, 0) is 21.3 Å². The molecule has 36 heavy (non-hydrogen) atoms. The van der Waals surface area contributed by atoms with Gasteiger partial charge in [-0.15, -0.1) is 0 Å². The number of ether oxygens (including phenoxy) is 3. The maximum atomic E-state index is 13.1. The smallest absolute Gasteiger partial charge is 0.279 e. The lowest BCUT2D eigenvalue weighted by Gasteiger charge is -2.09. The van der Waals surface area contributed by atoms with Gasteiger partial charge in [0.05, 0.1) is 35.9 Å². The normalized spacial score (nSPS) is 12.0. The van der Waals surface area contributed by atoms with Crippen molar-refractivity contribution in [3.8, 4) is 11.5 Å². The number of hydrogen-bond donors (Lipinski definition) is 1. The van der Waals surface area contributed by atoms with Crippen LogP contribution in [0.25, 0.3) is 10.2 Å². The van der Waals surface area contributed by atoms with Crippen molar-refractivity contribution in [1.82, 2.24) is 4.57 Å². The number of fused-ring (bicyclic) bond motifs is 1. The van der Waals surface area contributed by atoms with E-state index in [4.69, 9.17) is 14.2 Å². The molecule has 0 aliphatic carbocycles. The van der Waals surface area contributed by atoms with Gasteiger partial charge in [0.2, 0.25) is 0 Å². The summed E-state index contributed by atoms with van der Waals surface area (Å²) in [5.74, 6) is 0.758. The Kier molecular flexibility index (Phi) is 7.73. The Labute approximate surface area is 212 Å². The minimum atomic E-state index is -3.86. The van der Waals surface area contributed by atoms with Gasteiger partial charge in [0.15, 0.2) is 4.80 Å². The highest BCUT2D eigenvalue weighted by molar-refractivity contribution is 7.92. The third-order valence-electron chi connectivity index (χ3n) is 5.34. The number of nitrogens with zero attached hydrogens (tertiary/aromatic N) is 2. The van der Waals surface area contributed by atoms with Crippen molar-refractivity contribution in [2.45, 2.75) is 11.4 Å². The van der Waals surface area contributed by atoms with Crippen LogP contribution >= 0.6 is 11.3 Å². The topological polar surface area (TPSA) is 108 Å². The number of rotatable bonds is 9. The molecule has 1 N–H and O–H groups in total. The fourth-order valence-corrected chi connectivity index (χ4v) is 5.63. The lowest BCUT2D eigenvalue weighted by atomic mass is 10.2. The second kappa shape index (κ2) is 10.9. The van der Waals surface area contributed by atoms with Gasteiger partial charge in [0.1, 0.15) is 11.5 Å². The summed E-state index contributed by atoms with van der Waals surface area (Å²) < 4.78 is 46.5. The zero-order valence-corrected chi connectivity index (χ0v) is 21.6. The van der Waals surface area contributed by atoms with Crippen molar-refractivity contribution in [3.63, 3.8) is 0 Å². The lowest BCUT2D eigenvalue weighted by Crippen LogP contribution is -2.19. The first kappa shape index (κ1) is 25.4. The van der Waals surface area contributed by atoms with E-state index in [1.807, 2.05) is 22.8 Å². The van der Waals surface area contributed by atoms with Crippen LogP contribution in [0.5, 0.6) is 11.5 Å². The second-order valence-electron chi connectivity index (χ2n) is 7.64. The number of amides is 1. The largest absolute Gasteiger partial charge is 0.497 e. The van der Waals surface area contributed by atoms with Crippen LogP contribution in [0.1, 0.15) is 10.4 Å². The maximum Gasteiger partial charge on any atom is 0.279 e. The molecule has 188 valence electrons. The molecule has 0 saturated heterocycles. The standard InChI is InChI=1S/C25H25N3O6S2/c1-32-14-13-28-22-12-9-20(34-3)16-23(22)35-25(28)26-24(29)17-5-4-6-18(15-17)27-36(30,31)21-10-7-19(33-2)8-11-21/h4-12,15-16,27H,13-14H2,1-3H3. The van der Waals surface area contributed by atoms with Crippen LogP contribution in [0.3, 0.4) is 0 Å². The van der Waals surface area contributed by atoms with Gasteiger partial charge in [-0.2, -0.15) is 4.99 Å². The molecule has 3 aromatic carbocycles. The number of aromatic nitrogens is 1. The molecular formula is C25H25N3O6S2. The van der Waals surface area contributed by atoms with Crippen LogP contribution in [0.4, 0.5) is 5.69 Å². The molecule has 0 aliphatic rings. The molecule has 0 aliphatic heterocycles. The number of anilines is 1. The molecular weight excluding hydrogens is 502 g/mol. The van der Waals surface area contributed by atoms with E-state index < -0.39 is 15.9 Å². The Balaban J connectivity index is 1.65. The number of thiazole rings is 1. The van der Waals surface area contributed by atoms with Crippen molar-refractivity contribution in [2.75, 3.05) is 32.7 Å². The molecule has 0 saturated carbocycles. The Morgan fingerprint density at radius 1 is 0.972 bits per heavy atom. The zero-order chi connectivity index (χ0) is 25.7. The van der Waals surface area contributed by atoms with Gasteiger partial charge in [-0.3, -0.25) is 9.52 Å². The Morgan fingerprint density at radius 3 is 2.39 bits per heavy atom. The average molecular weight is 528 g/mol. The number of carbonyl (C=O) groups is 1. The summed E-state index contributed by atoms with van der Waals surface area (Å²) in [6, 6.07) is 17.9. The van der Waals surface area contributed by atoms with Crippen molar-refractivity contribution < 1.29 is 27.4 Å². The van der Waals surface area contributed by atoms with Crippen molar-refractivity contribution in [3.05, 3.63) is 77.1 Å².